The van der Waals surface area contributed by atoms with Gasteiger partial charge in [0, 0.05) is 67.5 Å². The molecule has 0 aliphatic rings. The second-order valence-electron chi connectivity index (χ2n) is 8.40. The molecular formula is C27H26N6O. The number of carbonyl (C=O) groups is 1. The van der Waals surface area contributed by atoms with Gasteiger partial charge in [-0.25, -0.2) is 9.97 Å². The van der Waals surface area contributed by atoms with Crippen LogP contribution in [-0.4, -0.2) is 53.0 Å². The first-order chi connectivity index (χ1) is 16.4. The maximum atomic E-state index is 12.6. The average molecular weight is 451 g/mol. The SMILES string of the molecule is CN(C)C/C=C/C(=O)N(C)c1cccc(-c2cnc3c(c2)c(-c2ccnc(C#N)c2)cn3C)c1. The quantitative estimate of drug-likeness (QED) is 0.410. The van der Waals surface area contributed by atoms with Crippen LogP contribution in [0.4, 0.5) is 5.69 Å². The number of nitriles is 1. The molecule has 0 aliphatic heterocycles. The average Bonchev–Trinajstić information content (AvgIpc) is 3.19. The summed E-state index contributed by atoms with van der Waals surface area (Å²) >= 11 is 0. The van der Waals surface area contributed by atoms with Crippen LogP contribution in [0.3, 0.4) is 0 Å². The van der Waals surface area contributed by atoms with Crippen molar-refractivity contribution in [2.75, 3.05) is 32.6 Å². The lowest BCUT2D eigenvalue weighted by molar-refractivity contribution is -0.113. The molecule has 7 nitrogen and oxygen atoms in total. The van der Waals surface area contributed by atoms with Crippen molar-refractivity contribution >= 4 is 22.6 Å². The molecule has 0 aliphatic carbocycles. The topological polar surface area (TPSA) is 78.1 Å². The molecule has 7 heteroatoms. The van der Waals surface area contributed by atoms with Gasteiger partial charge in [-0.15, -0.1) is 0 Å². The predicted molar refractivity (Wildman–Crippen MR) is 135 cm³/mol. The maximum Gasteiger partial charge on any atom is 0.250 e. The molecule has 4 rings (SSSR count). The number of hydrogen-bond donors (Lipinski definition) is 0. The molecule has 0 saturated heterocycles. The number of hydrogen-bond acceptors (Lipinski definition) is 5. The van der Waals surface area contributed by atoms with Gasteiger partial charge in [-0.1, -0.05) is 18.2 Å². The second kappa shape index (κ2) is 9.69. The fraction of sp³-hybridized carbons (Fsp3) is 0.185. The van der Waals surface area contributed by atoms with Crippen LogP contribution in [0.2, 0.25) is 0 Å². The number of amides is 1. The van der Waals surface area contributed by atoms with Crippen molar-refractivity contribution in [2.45, 2.75) is 0 Å². The minimum absolute atomic E-state index is 0.0797. The highest BCUT2D eigenvalue weighted by molar-refractivity contribution is 6.01. The highest BCUT2D eigenvalue weighted by Crippen LogP contribution is 2.33. The zero-order chi connectivity index (χ0) is 24.2. The van der Waals surface area contributed by atoms with Crippen molar-refractivity contribution in [2.24, 2.45) is 7.05 Å². The highest BCUT2D eigenvalue weighted by Gasteiger charge is 2.14. The van der Waals surface area contributed by atoms with Gasteiger partial charge in [-0.05, 0) is 55.6 Å². The Morgan fingerprint density at radius 2 is 1.91 bits per heavy atom. The Labute approximate surface area is 199 Å². The molecule has 0 fully saturated rings. The van der Waals surface area contributed by atoms with E-state index in [2.05, 4.69) is 17.1 Å². The number of pyridine rings is 2. The van der Waals surface area contributed by atoms with Crippen LogP contribution in [0.25, 0.3) is 33.3 Å². The van der Waals surface area contributed by atoms with Gasteiger partial charge >= 0.3 is 0 Å². The number of likely N-dealkylation sites (N-methyl/N-ethyl adjacent to an activating group) is 2. The number of carbonyl (C=O) groups excluding carboxylic acids is 1. The van der Waals surface area contributed by atoms with Crippen LogP contribution in [0.1, 0.15) is 5.69 Å². The summed E-state index contributed by atoms with van der Waals surface area (Å²) in [7, 11) is 7.65. The standard InChI is InChI=1S/C27H26N6O/c1-31(2)12-6-9-26(34)33(4)23-8-5-7-19(14-23)21-15-24-25(18-32(3)27(24)30-17-21)20-10-11-29-22(13-20)16-28/h5-11,13-15,17-18H,12H2,1-4H3/b9-6+. The van der Waals surface area contributed by atoms with Crippen molar-refractivity contribution in [3.05, 3.63) is 78.9 Å². The van der Waals surface area contributed by atoms with Gasteiger partial charge in [0.05, 0.1) is 0 Å². The molecule has 0 bridgehead atoms. The van der Waals surface area contributed by atoms with Gasteiger partial charge in [0.15, 0.2) is 0 Å². The summed E-state index contributed by atoms with van der Waals surface area (Å²) in [5, 5.41) is 10.2. The Morgan fingerprint density at radius 1 is 1.09 bits per heavy atom. The van der Waals surface area contributed by atoms with Gasteiger partial charge < -0.3 is 14.4 Å². The molecule has 0 saturated carbocycles. The van der Waals surface area contributed by atoms with Crippen molar-refractivity contribution in [3.8, 4) is 28.3 Å². The van der Waals surface area contributed by atoms with E-state index in [9.17, 15) is 10.1 Å². The molecule has 0 N–H and O–H groups in total. The molecule has 4 aromatic rings. The monoisotopic (exact) mass is 450 g/mol. The number of fused-ring (bicyclic) bond motifs is 1. The fourth-order valence-electron chi connectivity index (χ4n) is 3.81. The van der Waals surface area contributed by atoms with Crippen LogP contribution in [-0.2, 0) is 11.8 Å². The summed E-state index contributed by atoms with van der Waals surface area (Å²) in [4.78, 5) is 25.0. The summed E-state index contributed by atoms with van der Waals surface area (Å²) < 4.78 is 1.98. The van der Waals surface area contributed by atoms with Gasteiger partial charge in [-0.3, -0.25) is 4.79 Å². The smallest absolute Gasteiger partial charge is 0.250 e. The Bertz CT molecular complexity index is 1430. The third-order valence-electron chi connectivity index (χ3n) is 5.63. The Kier molecular flexibility index (Phi) is 6.53. The molecule has 0 atom stereocenters. The molecule has 3 aromatic heterocycles. The lowest BCUT2D eigenvalue weighted by atomic mass is 10.0. The molecule has 0 spiro atoms. The summed E-state index contributed by atoms with van der Waals surface area (Å²) in [6.07, 6.45) is 8.96. The number of benzene rings is 1. The normalized spacial score (nSPS) is 11.3. The van der Waals surface area contributed by atoms with Crippen molar-refractivity contribution in [1.29, 1.82) is 5.26 Å². The second-order valence-corrected chi connectivity index (χ2v) is 8.40. The van der Waals surface area contributed by atoms with Crippen molar-refractivity contribution in [1.82, 2.24) is 19.4 Å². The van der Waals surface area contributed by atoms with Gasteiger partial charge in [0.1, 0.15) is 17.4 Å². The molecule has 170 valence electrons. The van der Waals surface area contributed by atoms with E-state index in [1.807, 2.05) is 79.4 Å². The van der Waals surface area contributed by atoms with E-state index < -0.39 is 0 Å². The zero-order valence-electron chi connectivity index (χ0n) is 19.7. The van der Waals surface area contributed by atoms with E-state index in [4.69, 9.17) is 4.98 Å². The first-order valence-electron chi connectivity index (χ1n) is 10.9. The van der Waals surface area contributed by atoms with E-state index in [0.717, 1.165) is 39.0 Å². The number of rotatable bonds is 6. The van der Waals surface area contributed by atoms with Crippen LogP contribution in [0.15, 0.2) is 73.2 Å². The molecule has 0 unspecified atom stereocenters. The Hall–Kier alpha value is -4.28. The minimum Gasteiger partial charge on any atom is -0.335 e. The van der Waals surface area contributed by atoms with Crippen LogP contribution < -0.4 is 4.90 Å². The van der Waals surface area contributed by atoms with Gasteiger partial charge in [-0.2, -0.15) is 5.26 Å². The molecule has 3 heterocycles. The Morgan fingerprint density at radius 3 is 2.68 bits per heavy atom. The van der Waals surface area contributed by atoms with Crippen molar-refractivity contribution in [3.63, 3.8) is 0 Å². The summed E-state index contributed by atoms with van der Waals surface area (Å²) in [6.45, 7) is 0.706. The highest BCUT2D eigenvalue weighted by atomic mass is 16.2. The summed E-state index contributed by atoms with van der Waals surface area (Å²) in [5.41, 5.74) is 5.84. The summed E-state index contributed by atoms with van der Waals surface area (Å²) in [6, 6.07) is 15.7. The predicted octanol–water partition coefficient (Wildman–Crippen LogP) is 4.25. The first kappa shape index (κ1) is 22.9. The molecule has 1 amide bonds. The Balaban J connectivity index is 1.70. The minimum atomic E-state index is -0.0797. The lowest BCUT2D eigenvalue weighted by Crippen LogP contribution is -2.24. The number of aromatic nitrogens is 3. The number of nitrogens with zero attached hydrogens (tertiary/aromatic N) is 6. The van der Waals surface area contributed by atoms with Gasteiger partial charge in [0.2, 0.25) is 5.91 Å². The number of anilines is 1. The van der Waals surface area contributed by atoms with E-state index in [1.54, 1.807) is 30.3 Å². The van der Waals surface area contributed by atoms with E-state index in [0.29, 0.717) is 12.2 Å². The van der Waals surface area contributed by atoms with E-state index in [-0.39, 0.29) is 5.91 Å². The van der Waals surface area contributed by atoms with E-state index >= 15 is 0 Å². The molecule has 1 aromatic carbocycles. The van der Waals surface area contributed by atoms with Crippen molar-refractivity contribution < 1.29 is 4.79 Å². The van der Waals surface area contributed by atoms with Crippen LogP contribution in [0, 0.1) is 11.3 Å². The first-order valence-corrected chi connectivity index (χ1v) is 10.9. The zero-order valence-corrected chi connectivity index (χ0v) is 19.7. The third-order valence-corrected chi connectivity index (χ3v) is 5.63. The number of aryl methyl sites for hydroxylation is 1. The molecule has 0 radical (unpaired) electrons. The van der Waals surface area contributed by atoms with Gasteiger partial charge in [0.25, 0.3) is 0 Å². The van der Waals surface area contributed by atoms with E-state index in [1.165, 1.54) is 0 Å². The fourth-order valence-corrected chi connectivity index (χ4v) is 3.81. The maximum absolute atomic E-state index is 12.6. The third kappa shape index (κ3) is 4.72. The summed E-state index contributed by atoms with van der Waals surface area (Å²) in [5.74, 6) is -0.0797. The lowest BCUT2D eigenvalue weighted by Gasteiger charge is -2.16. The van der Waals surface area contributed by atoms with Crippen LogP contribution >= 0.6 is 0 Å². The largest absolute Gasteiger partial charge is 0.335 e. The molecule has 34 heavy (non-hydrogen) atoms. The van der Waals surface area contributed by atoms with Crippen LogP contribution in [0.5, 0.6) is 0 Å². The molecular weight excluding hydrogens is 424 g/mol.